The summed E-state index contributed by atoms with van der Waals surface area (Å²) in [7, 11) is 0. The monoisotopic (exact) mass is 290 g/mol. The van der Waals surface area contributed by atoms with E-state index in [0.29, 0.717) is 6.54 Å². The van der Waals surface area contributed by atoms with Crippen LogP contribution >= 0.6 is 11.3 Å². The molecule has 3 rings (SSSR count). The lowest BCUT2D eigenvalue weighted by atomic mass is 10.1. The molecule has 2 atom stereocenters. The molecule has 0 unspecified atom stereocenters. The largest absolute Gasteiger partial charge is 0.349 e. The molecule has 20 heavy (non-hydrogen) atoms. The molecular weight excluding hydrogens is 275 g/mol. The number of aryl methyl sites for hydroxylation is 1. The van der Waals surface area contributed by atoms with Gasteiger partial charge in [0.15, 0.2) is 0 Å². The molecule has 1 aliphatic carbocycles. The zero-order chi connectivity index (χ0) is 14.1. The van der Waals surface area contributed by atoms with Crippen molar-refractivity contribution in [3.05, 3.63) is 51.7 Å². The van der Waals surface area contributed by atoms with Gasteiger partial charge in [0.1, 0.15) is 10.8 Å². The Hall–Kier alpha value is -1.75. The third-order valence-electron chi connectivity index (χ3n) is 3.51. The van der Waals surface area contributed by atoms with E-state index in [1.165, 1.54) is 12.1 Å². The number of carbonyl (C=O) groups excluding carboxylic acids is 1. The van der Waals surface area contributed by atoms with Crippen LogP contribution in [0.1, 0.15) is 28.6 Å². The van der Waals surface area contributed by atoms with E-state index in [2.05, 4.69) is 10.3 Å². The molecule has 1 saturated carbocycles. The van der Waals surface area contributed by atoms with Crippen molar-refractivity contribution in [1.29, 1.82) is 0 Å². The number of amides is 1. The first-order valence-corrected chi connectivity index (χ1v) is 7.45. The van der Waals surface area contributed by atoms with E-state index in [-0.39, 0.29) is 23.6 Å². The van der Waals surface area contributed by atoms with Crippen LogP contribution in [0.25, 0.3) is 0 Å². The normalized spacial score (nSPS) is 20.7. The summed E-state index contributed by atoms with van der Waals surface area (Å²) in [6, 6.07) is 6.41. The minimum Gasteiger partial charge on any atom is -0.349 e. The van der Waals surface area contributed by atoms with Gasteiger partial charge in [-0.2, -0.15) is 0 Å². The van der Waals surface area contributed by atoms with Crippen LogP contribution in [0.5, 0.6) is 0 Å². The van der Waals surface area contributed by atoms with Crippen LogP contribution in [0, 0.1) is 18.7 Å². The second kappa shape index (κ2) is 5.32. The van der Waals surface area contributed by atoms with Gasteiger partial charge in [0.05, 0.1) is 6.54 Å². The van der Waals surface area contributed by atoms with Crippen molar-refractivity contribution in [2.24, 2.45) is 5.92 Å². The molecule has 104 valence electrons. The molecular formula is C15H15FN2OS. The first-order chi connectivity index (χ1) is 9.63. The number of aromatic nitrogens is 1. The van der Waals surface area contributed by atoms with Crippen LogP contribution in [0.15, 0.2) is 29.6 Å². The highest BCUT2D eigenvalue weighted by molar-refractivity contribution is 7.09. The van der Waals surface area contributed by atoms with E-state index in [0.717, 1.165) is 22.7 Å². The number of hydrogen-bond donors (Lipinski definition) is 1. The molecule has 0 bridgehead atoms. The van der Waals surface area contributed by atoms with Crippen molar-refractivity contribution in [2.75, 3.05) is 0 Å². The van der Waals surface area contributed by atoms with Gasteiger partial charge in [-0.1, -0.05) is 12.1 Å². The van der Waals surface area contributed by atoms with Crippen LogP contribution in [0.3, 0.4) is 0 Å². The van der Waals surface area contributed by atoms with Crippen molar-refractivity contribution in [3.8, 4) is 0 Å². The van der Waals surface area contributed by atoms with E-state index >= 15 is 0 Å². The molecule has 1 heterocycles. The molecule has 0 saturated heterocycles. The molecule has 1 aromatic carbocycles. The van der Waals surface area contributed by atoms with E-state index in [4.69, 9.17) is 0 Å². The van der Waals surface area contributed by atoms with Crippen LogP contribution in [0.4, 0.5) is 4.39 Å². The number of carbonyl (C=O) groups is 1. The number of nitrogens with one attached hydrogen (secondary N) is 1. The zero-order valence-corrected chi connectivity index (χ0v) is 11.9. The Morgan fingerprint density at radius 3 is 2.85 bits per heavy atom. The lowest BCUT2D eigenvalue weighted by molar-refractivity contribution is -0.122. The van der Waals surface area contributed by atoms with Crippen LogP contribution in [-0.4, -0.2) is 10.9 Å². The van der Waals surface area contributed by atoms with Crippen molar-refractivity contribution in [1.82, 2.24) is 10.3 Å². The van der Waals surface area contributed by atoms with E-state index in [1.54, 1.807) is 23.5 Å². The molecule has 3 nitrogen and oxygen atoms in total. The number of nitrogens with zero attached hydrogens (tertiary/aromatic N) is 1. The third-order valence-corrected chi connectivity index (χ3v) is 4.47. The fourth-order valence-corrected chi connectivity index (χ4v) is 3.05. The van der Waals surface area contributed by atoms with Gasteiger partial charge in [0.2, 0.25) is 5.91 Å². The molecule has 1 N–H and O–H groups in total. The lowest BCUT2D eigenvalue weighted by Gasteiger charge is -2.03. The maximum Gasteiger partial charge on any atom is 0.224 e. The summed E-state index contributed by atoms with van der Waals surface area (Å²) in [6.07, 6.45) is 0.842. The van der Waals surface area contributed by atoms with Gasteiger partial charge in [-0.05, 0) is 37.0 Å². The Morgan fingerprint density at radius 1 is 1.45 bits per heavy atom. The Labute approximate surface area is 120 Å². The average Bonchev–Trinajstić information content (AvgIpc) is 3.13. The molecule has 5 heteroatoms. The maximum atomic E-state index is 12.9. The fraction of sp³-hybridized carbons (Fsp3) is 0.333. The molecule has 0 spiro atoms. The van der Waals surface area contributed by atoms with Crippen molar-refractivity contribution >= 4 is 17.2 Å². The quantitative estimate of drug-likeness (QED) is 0.940. The number of rotatable bonds is 4. The van der Waals surface area contributed by atoms with Crippen molar-refractivity contribution < 1.29 is 9.18 Å². The summed E-state index contributed by atoms with van der Waals surface area (Å²) in [6.45, 7) is 2.43. The van der Waals surface area contributed by atoms with Crippen molar-refractivity contribution in [3.63, 3.8) is 0 Å². The first-order valence-electron chi connectivity index (χ1n) is 6.57. The van der Waals surface area contributed by atoms with Gasteiger partial charge in [0.25, 0.3) is 0 Å². The number of thiazole rings is 1. The molecule has 1 aliphatic rings. The second-order valence-electron chi connectivity index (χ2n) is 5.10. The fourth-order valence-electron chi connectivity index (χ4n) is 2.34. The molecule has 1 fully saturated rings. The zero-order valence-electron chi connectivity index (χ0n) is 11.1. The predicted molar refractivity (Wildman–Crippen MR) is 75.9 cm³/mol. The van der Waals surface area contributed by atoms with Gasteiger partial charge in [-0.3, -0.25) is 4.79 Å². The summed E-state index contributed by atoms with van der Waals surface area (Å²) >= 11 is 1.55. The summed E-state index contributed by atoms with van der Waals surface area (Å²) in [5, 5.41) is 5.82. The van der Waals surface area contributed by atoms with Gasteiger partial charge < -0.3 is 5.32 Å². The summed E-state index contributed by atoms with van der Waals surface area (Å²) in [4.78, 5) is 16.3. The first kappa shape index (κ1) is 13.2. The summed E-state index contributed by atoms with van der Waals surface area (Å²) < 4.78 is 12.9. The van der Waals surface area contributed by atoms with Crippen LogP contribution in [0.2, 0.25) is 0 Å². The van der Waals surface area contributed by atoms with Crippen LogP contribution in [-0.2, 0) is 11.3 Å². The minimum atomic E-state index is -0.241. The Morgan fingerprint density at radius 2 is 2.20 bits per heavy atom. The van der Waals surface area contributed by atoms with Crippen molar-refractivity contribution in [2.45, 2.75) is 25.8 Å². The second-order valence-corrected chi connectivity index (χ2v) is 6.04. The highest BCUT2D eigenvalue weighted by Gasteiger charge is 2.43. The van der Waals surface area contributed by atoms with Crippen LogP contribution < -0.4 is 5.32 Å². The summed E-state index contributed by atoms with van der Waals surface area (Å²) in [5.41, 5.74) is 2.02. The Balaban J connectivity index is 1.53. The summed E-state index contributed by atoms with van der Waals surface area (Å²) in [5.74, 6) is 0.0665. The molecule has 2 aromatic rings. The smallest absolute Gasteiger partial charge is 0.224 e. The Bertz CT molecular complexity index is 623. The Kier molecular flexibility index (Phi) is 3.53. The lowest BCUT2D eigenvalue weighted by Crippen LogP contribution is -2.24. The van der Waals surface area contributed by atoms with E-state index in [9.17, 15) is 9.18 Å². The van der Waals surface area contributed by atoms with E-state index < -0.39 is 0 Å². The van der Waals surface area contributed by atoms with Gasteiger partial charge in [-0.25, -0.2) is 9.37 Å². The van der Waals surface area contributed by atoms with Gasteiger partial charge in [0, 0.05) is 17.0 Å². The SMILES string of the molecule is Cc1csc(CNC(=O)[C@@H]2C[C@@H]2c2ccc(F)cc2)n1. The van der Waals surface area contributed by atoms with Gasteiger partial charge >= 0.3 is 0 Å². The molecule has 0 aliphatic heterocycles. The average molecular weight is 290 g/mol. The number of benzene rings is 1. The number of hydrogen-bond acceptors (Lipinski definition) is 3. The molecule has 1 amide bonds. The maximum absolute atomic E-state index is 12.9. The number of halogens is 1. The molecule has 1 aromatic heterocycles. The highest BCUT2D eigenvalue weighted by Crippen LogP contribution is 2.47. The highest BCUT2D eigenvalue weighted by atomic mass is 32.1. The van der Waals surface area contributed by atoms with E-state index in [1.807, 2.05) is 12.3 Å². The molecule has 0 radical (unpaired) electrons. The standard InChI is InChI=1S/C15H15FN2OS/c1-9-8-20-14(18-9)7-17-15(19)13-6-12(13)10-2-4-11(16)5-3-10/h2-5,8,12-13H,6-7H2,1H3,(H,17,19)/t12-,13-/m1/s1. The minimum absolute atomic E-state index is 0.0153. The topological polar surface area (TPSA) is 42.0 Å². The predicted octanol–water partition coefficient (Wildman–Crippen LogP) is 3.01. The van der Waals surface area contributed by atoms with Gasteiger partial charge in [-0.15, -0.1) is 11.3 Å². The third kappa shape index (κ3) is 2.88.